The Balaban J connectivity index is 1.36. The topological polar surface area (TPSA) is 49.6 Å². The molecule has 3 aromatic heterocycles. The van der Waals surface area contributed by atoms with Crippen molar-refractivity contribution in [1.82, 2.24) is 24.1 Å². The summed E-state index contributed by atoms with van der Waals surface area (Å²) in [5, 5.41) is 5.24. The highest BCUT2D eigenvalue weighted by Crippen LogP contribution is 2.31. The molecule has 0 N–H and O–H groups in total. The van der Waals surface area contributed by atoms with Crippen molar-refractivity contribution < 1.29 is 4.58 Å². The molecule has 0 radical (unpaired) electrons. The maximum atomic E-state index is 4.66. The summed E-state index contributed by atoms with van der Waals surface area (Å²) < 4.78 is 6.15. The lowest BCUT2D eigenvalue weighted by Crippen LogP contribution is -2.52. The van der Waals surface area contributed by atoms with Crippen molar-refractivity contribution in [3.63, 3.8) is 0 Å². The van der Waals surface area contributed by atoms with Crippen molar-refractivity contribution >= 4 is 63.6 Å². The molecular formula is C31H26N6Si+2. The summed E-state index contributed by atoms with van der Waals surface area (Å²) in [6.07, 6.45) is 5.30. The zero-order valence-corrected chi connectivity index (χ0v) is 22.5. The van der Waals surface area contributed by atoms with E-state index in [0.717, 1.165) is 23.1 Å². The van der Waals surface area contributed by atoms with Gasteiger partial charge in [-0.05, 0) is 41.6 Å². The highest BCUT2D eigenvalue weighted by molar-refractivity contribution is 7.00. The number of para-hydroxylation sites is 1. The second kappa shape index (κ2) is 8.41. The Labute approximate surface area is 221 Å². The smallest absolute Gasteiger partial charge is 0.294 e. The van der Waals surface area contributed by atoms with Crippen LogP contribution in [0.15, 0.2) is 104 Å². The molecule has 6 nitrogen and oxygen atoms in total. The number of rotatable bonds is 4. The zero-order chi connectivity index (χ0) is 25.9. The van der Waals surface area contributed by atoms with E-state index < -0.39 is 8.07 Å². The fourth-order valence-corrected chi connectivity index (χ4v) is 7.80. The molecule has 0 amide bonds. The molecule has 7 rings (SSSR count). The van der Waals surface area contributed by atoms with Crippen LogP contribution in [-0.2, 0) is 0 Å². The number of fused-ring (bicyclic) bond motifs is 4. The molecule has 0 saturated heterocycles. The van der Waals surface area contributed by atoms with Gasteiger partial charge in [-0.2, -0.15) is 4.98 Å². The molecule has 182 valence electrons. The van der Waals surface area contributed by atoms with Crippen molar-refractivity contribution in [3.8, 4) is 5.82 Å². The normalized spacial score (nSPS) is 13.0. The van der Waals surface area contributed by atoms with E-state index in [2.05, 4.69) is 111 Å². The lowest BCUT2D eigenvalue weighted by Gasteiger charge is -2.24. The Morgan fingerprint density at radius 2 is 1.45 bits per heavy atom. The van der Waals surface area contributed by atoms with Crippen LogP contribution in [-0.4, -0.2) is 45.2 Å². The third-order valence-electron chi connectivity index (χ3n) is 7.54. The van der Waals surface area contributed by atoms with Gasteiger partial charge in [0.05, 0.1) is 17.2 Å². The molecule has 0 aliphatic carbocycles. The maximum absolute atomic E-state index is 4.66. The van der Waals surface area contributed by atoms with Crippen LogP contribution in [0.5, 0.6) is 0 Å². The zero-order valence-electron chi connectivity index (χ0n) is 21.5. The van der Waals surface area contributed by atoms with Gasteiger partial charge in [-0.1, -0.05) is 71.4 Å². The first-order valence-corrected chi connectivity index (χ1v) is 15.7. The van der Waals surface area contributed by atoms with Gasteiger partial charge in [0.1, 0.15) is 20.9 Å². The van der Waals surface area contributed by atoms with Crippen molar-refractivity contribution in [1.29, 1.82) is 0 Å². The second-order valence-corrected chi connectivity index (χ2v) is 14.6. The Bertz CT molecular complexity index is 1950. The van der Waals surface area contributed by atoms with E-state index in [1.807, 2.05) is 34.5 Å². The predicted octanol–water partition coefficient (Wildman–Crippen LogP) is 5.09. The number of hydrogen-bond acceptors (Lipinski definition) is 3. The number of hydrogen-bond donors (Lipinski definition) is 0. The molecule has 0 atom stereocenters. The van der Waals surface area contributed by atoms with E-state index in [4.69, 9.17) is 0 Å². The average molecular weight is 511 g/mol. The first kappa shape index (κ1) is 22.5. The summed E-state index contributed by atoms with van der Waals surface area (Å²) >= 11 is 0. The van der Waals surface area contributed by atoms with E-state index in [-0.39, 0.29) is 0 Å². The first-order valence-electron chi connectivity index (χ1n) is 12.7. The Kier molecular flexibility index (Phi) is 4.98. The summed E-state index contributed by atoms with van der Waals surface area (Å²) in [6.45, 7) is 4.84. The largest absolute Gasteiger partial charge is 0.474 e. The van der Waals surface area contributed by atoms with Gasteiger partial charge in [0, 0.05) is 22.0 Å². The average Bonchev–Trinajstić information content (AvgIpc) is 3.48. The number of pyridine rings is 1. The molecule has 0 saturated carbocycles. The first-order chi connectivity index (χ1) is 18.5. The van der Waals surface area contributed by atoms with Gasteiger partial charge in [-0.3, -0.25) is 4.57 Å². The molecule has 3 aromatic carbocycles. The van der Waals surface area contributed by atoms with Gasteiger partial charge in [0.2, 0.25) is 0 Å². The molecule has 0 fully saturated rings. The van der Waals surface area contributed by atoms with Crippen molar-refractivity contribution in [2.75, 3.05) is 7.05 Å². The van der Waals surface area contributed by atoms with E-state index in [0.29, 0.717) is 0 Å². The Hall–Kier alpha value is -4.71. The highest BCUT2D eigenvalue weighted by Gasteiger charge is 2.35. The van der Waals surface area contributed by atoms with Crippen LogP contribution in [0, 0.1) is 0 Å². The van der Waals surface area contributed by atoms with Crippen LogP contribution in [0.25, 0.3) is 27.6 Å². The van der Waals surface area contributed by atoms with Crippen LogP contribution in [0.4, 0.5) is 17.3 Å². The summed E-state index contributed by atoms with van der Waals surface area (Å²) in [5.74, 6) is 2.54. The van der Waals surface area contributed by atoms with Gasteiger partial charge in [0.15, 0.2) is 11.9 Å². The standard InChI is InChI=1S/C31H26N6Si/c1-35-21-36(31-30(35)33-17-18-34-31)22-9-8-10-23(19-22)38(2,3)24-14-15-28-26(20-24)25-11-4-5-12-27(25)37(28)29-13-6-7-16-32-29/h4-20H,1-3H3/q+2. The minimum Gasteiger partial charge on any atom is -0.294 e. The summed E-state index contributed by atoms with van der Waals surface area (Å²) in [7, 11) is -0.0990. The van der Waals surface area contributed by atoms with Crippen molar-refractivity contribution in [2.24, 2.45) is 0 Å². The van der Waals surface area contributed by atoms with Gasteiger partial charge >= 0.3 is 17.6 Å². The lowest BCUT2D eigenvalue weighted by molar-refractivity contribution is -0.398. The van der Waals surface area contributed by atoms with Crippen molar-refractivity contribution in [2.45, 2.75) is 13.1 Å². The third-order valence-corrected chi connectivity index (χ3v) is 11.0. The Morgan fingerprint density at radius 3 is 2.29 bits per heavy atom. The monoisotopic (exact) mass is 510 g/mol. The summed E-state index contributed by atoms with van der Waals surface area (Å²) in [6, 6.07) is 33.8. The molecule has 0 spiro atoms. The molecule has 0 unspecified atom stereocenters. The summed E-state index contributed by atoms with van der Waals surface area (Å²) in [5.41, 5.74) is 3.39. The van der Waals surface area contributed by atoms with E-state index >= 15 is 0 Å². The van der Waals surface area contributed by atoms with E-state index in [9.17, 15) is 0 Å². The quantitative estimate of drug-likeness (QED) is 0.245. The van der Waals surface area contributed by atoms with E-state index in [1.165, 1.54) is 32.2 Å². The van der Waals surface area contributed by atoms with Crippen LogP contribution in [0.3, 0.4) is 0 Å². The van der Waals surface area contributed by atoms with Gasteiger partial charge in [-0.25, -0.2) is 4.98 Å². The minimum absolute atomic E-state index is 0.801. The fraction of sp³-hybridized carbons (Fsp3) is 0.0968. The second-order valence-electron chi connectivity index (χ2n) is 10.1. The number of benzene rings is 3. The van der Waals surface area contributed by atoms with Gasteiger partial charge in [-0.15, -0.1) is 4.58 Å². The molecule has 1 aliphatic heterocycles. The molecular weight excluding hydrogens is 484 g/mol. The summed E-state index contributed by atoms with van der Waals surface area (Å²) in [4.78, 5) is 13.7. The number of aromatic nitrogens is 4. The number of nitrogens with zero attached hydrogens (tertiary/aromatic N) is 6. The molecule has 38 heavy (non-hydrogen) atoms. The van der Waals surface area contributed by atoms with E-state index in [1.54, 1.807) is 12.4 Å². The Morgan fingerprint density at radius 1 is 0.684 bits per heavy atom. The molecule has 6 aromatic rings. The lowest BCUT2D eigenvalue weighted by atomic mass is 10.1. The maximum Gasteiger partial charge on any atom is 0.474 e. The molecule has 0 bridgehead atoms. The van der Waals surface area contributed by atoms with Crippen LogP contribution < -0.4 is 14.9 Å². The van der Waals surface area contributed by atoms with Crippen molar-refractivity contribution in [3.05, 3.63) is 104 Å². The minimum atomic E-state index is -2.05. The third kappa shape index (κ3) is 3.37. The van der Waals surface area contributed by atoms with Crippen LogP contribution in [0.1, 0.15) is 0 Å². The highest BCUT2D eigenvalue weighted by atomic mass is 28.3. The molecule has 4 heterocycles. The fourth-order valence-electron chi connectivity index (χ4n) is 5.44. The molecule has 1 aliphatic rings. The van der Waals surface area contributed by atoms with Gasteiger partial charge < -0.3 is 0 Å². The SMILES string of the molecule is C[N+]1=C=[N+](c2cccc([Si](C)(C)c3ccc4c(c3)c3ccccc3n4-c3ccccn3)c2)c2nccnc21. The predicted molar refractivity (Wildman–Crippen MR) is 156 cm³/mol. The van der Waals surface area contributed by atoms with Crippen LogP contribution >= 0.6 is 0 Å². The van der Waals surface area contributed by atoms with Gasteiger partial charge in [0.25, 0.3) is 0 Å². The molecule has 7 heteroatoms. The van der Waals surface area contributed by atoms with Crippen LogP contribution in [0.2, 0.25) is 13.1 Å².